The molecule has 1 saturated heterocycles. The molecule has 0 N–H and O–H groups in total. The van der Waals surface area contributed by atoms with E-state index in [-0.39, 0.29) is 27.7 Å². The van der Waals surface area contributed by atoms with Crippen LogP contribution in [-0.2, 0) is 26.0 Å². The van der Waals surface area contributed by atoms with Crippen molar-refractivity contribution in [3.8, 4) is 5.75 Å². The Morgan fingerprint density at radius 1 is 1.11 bits per heavy atom. The fourth-order valence-electron chi connectivity index (χ4n) is 5.79. The van der Waals surface area contributed by atoms with Crippen molar-refractivity contribution in [2.24, 2.45) is 11.8 Å². The number of esters is 1. The van der Waals surface area contributed by atoms with Gasteiger partial charge in [0.2, 0.25) is 10.0 Å². The summed E-state index contributed by atoms with van der Waals surface area (Å²) in [7, 11) is -2.28. The minimum absolute atomic E-state index is 0.0786. The lowest BCUT2D eigenvalue weighted by Gasteiger charge is -2.44. The van der Waals surface area contributed by atoms with E-state index in [2.05, 4.69) is 18.2 Å². The molecule has 3 aliphatic rings. The van der Waals surface area contributed by atoms with E-state index in [0.717, 1.165) is 42.6 Å². The summed E-state index contributed by atoms with van der Waals surface area (Å²) in [6.45, 7) is 2.67. The van der Waals surface area contributed by atoms with Crippen molar-refractivity contribution in [3.05, 3.63) is 57.6 Å². The van der Waals surface area contributed by atoms with Crippen molar-refractivity contribution in [2.45, 2.75) is 61.9 Å². The molecule has 9 heteroatoms. The highest BCUT2D eigenvalue weighted by Crippen LogP contribution is 2.49. The molecule has 2 atom stereocenters. The average molecular weight is 553 g/mol. The zero-order valence-electron chi connectivity index (χ0n) is 20.5. The summed E-state index contributed by atoms with van der Waals surface area (Å²) >= 11 is 12.2. The number of fused-ring (bicyclic) bond motifs is 1. The third-order valence-electron chi connectivity index (χ3n) is 8.04. The minimum Gasteiger partial charge on any atom is -0.487 e. The fourth-order valence-corrected chi connectivity index (χ4v) is 7.98. The van der Waals surface area contributed by atoms with Gasteiger partial charge in [-0.2, -0.15) is 4.31 Å². The predicted molar refractivity (Wildman–Crippen MR) is 139 cm³/mol. The molecule has 5 rings (SSSR count). The molecule has 0 bridgehead atoms. The van der Waals surface area contributed by atoms with Gasteiger partial charge in [0.15, 0.2) is 0 Å². The van der Waals surface area contributed by atoms with Gasteiger partial charge in [0.05, 0.1) is 18.1 Å². The molecule has 2 fully saturated rings. The Bertz CT molecular complexity index is 1270. The van der Waals surface area contributed by atoms with Crippen LogP contribution in [0.1, 0.15) is 56.1 Å². The molecular formula is C27H31Cl2NO5S. The van der Waals surface area contributed by atoms with Crippen molar-refractivity contribution >= 4 is 39.2 Å². The number of halogens is 2. The number of carbonyl (C=O) groups excluding carboxylic acids is 1. The molecule has 2 aromatic rings. The number of sulfonamides is 1. The van der Waals surface area contributed by atoms with Crippen molar-refractivity contribution in [1.29, 1.82) is 0 Å². The van der Waals surface area contributed by atoms with Gasteiger partial charge in [-0.3, -0.25) is 4.79 Å². The number of hydrogen-bond donors (Lipinski definition) is 0. The summed E-state index contributed by atoms with van der Waals surface area (Å²) in [4.78, 5) is 12.4. The van der Waals surface area contributed by atoms with Crippen LogP contribution in [-0.4, -0.2) is 44.5 Å². The normalized spacial score (nSPS) is 21.3. The number of hydrogen-bond acceptors (Lipinski definition) is 5. The maximum Gasteiger partial charge on any atom is 0.309 e. The number of nitrogens with zero attached hydrogens (tertiary/aromatic N) is 1. The molecule has 2 aromatic carbocycles. The van der Waals surface area contributed by atoms with Crippen LogP contribution in [0, 0.1) is 11.8 Å². The molecule has 1 aliphatic carbocycles. The molecule has 0 aromatic heterocycles. The van der Waals surface area contributed by atoms with E-state index in [4.69, 9.17) is 32.7 Å². The molecule has 0 amide bonds. The quantitative estimate of drug-likeness (QED) is 0.421. The number of methoxy groups -OCH3 is 1. The van der Waals surface area contributed by atoms with Crippen molar-refractivity contribution in [1.82, 2.24) is 4.31 Å². The van der Waals surface area contributed by atoms with Gasteiger partial charge in [-0.15, -0.1) is 0 Å². The third-order valence-corrected chi connectivity index (χ3v) is 10.7. The van der Waals surface area contributed by atoms with Crippen molar-refractivity contribution in [3.63, 3.8) is 0 Å². The smallest absolute Gasteiger partial charge is 0.309 e. The Labute approximate surface area is 222 Å². The number of carbonyl (C=O) groups is 1. The third kappa shape index (κ3) is 4.87. The van der Waals surface area contributed by atoms with Gasteiger partial charge in [0.25, 0.3) is 0 Å². The van der Waals surface area contributed by atoms with E-state index < -0.39 is 15.6 Å². The topological polar surface area (TPSA) is 72.9 Å². The van der Waals surface area contributed by atoms with E-state index in [9.17, 15) is 13.2 Å². The van der Waals surface area contributed by atoms with Crippen molar-refractivity contribution < 1.29 is 22.7 Å². The van der Waals surface area contributed by atoms with Crippen LogP contribution in [0.15, 0.2) is 41.3 Å². The first-order valence-corrected chi connectivity index (χ1v) is 14.7. The lowest BCUT2D eigenvalue weighted by atomic mass is 9.80. The highest BCUT2D eigenvalue weighted by atomic mass is 35.5. The van der Waals surface area contributed by atoms with Gasteiger partial charge in [-0.25, -0.2) is 8.42 Å². The van der Waals surface area contributed by atoms with Crippen LogP contribution >= 0.6 is 23.2 Å². The lowest BCUT2D eigenvalue weighted by Crippen LogP contribution is -2.51. The van der Waals surface area contributed by atoms with Crippen LogP contribution in [0.3, 0.4) is 0 Å². The van der Waals surface area contributed by atoms with Crippen LogP contribution in [0.5, 0.6) is 5.75 Å². The van der Waals surface area contributed by atoms with Gasteiger partial charge >= 0.3 is 5.97 Å². The number of ether oxygens (including phenoxy) is 2. The second-order valence-electron chi connectivity index (χ2n) is 10.3. The first-order chi connectivity index (χ1) is 17.1. The monoisotopic (exact) mass is 551 g/mol. The summed E-state index contributed by atoms with van der Waals surface area (Å²) in [5.74, 6) is 1.06. The largest absolute Gasteiger partial charge is 0.487 e. The highest BCUT2D eigenvalue weighted by molar-refractivity contribution is 7.89. The lowest BCUT2D eigenvalue weighted by molar-refractivity contribution is -0.145. The summed E-state index contributed by atoms with van der Waals surface area (Å²) in [5.41, 5.74) is 1.88. The molecule has 36 heavy (non-hydrogen) atoms. The van der Waals surface area contributed by atoms with Crippen molar-refractivity contribution in [2.75, 3.05) is 20.2 Å². The molecule has 0 radical (unpaired) electrons. The number of piperidine rings is 1. The van der Waals surface area contributed by atoms with E-state index in [0.29, 0.717) is 36.9 Å². The molecule has 6 nitrogen and oxygen atoms in total. The fraction of sp³-hybridized carbons (Fsp3) is 0.519. The molecule has 1 saturated carbocycles. The average Bonchev–Trinajstić information content (AvgIpc) is 3.68. The number of rotatable bonds is 6. The number of benzene rings is 2. The van der Waals surface area contributed by atoms with Crippen LogP contribution in [0.25, 0.3) is 0 Å². The molecular weight excluding hydrogens is 521 g/mol. The Kier molecular flexibility index (Phi) is 7.05. The molecule has 2 aliphatic heterocycles. The Balaban J connectivity index is 1.33. The SMILES string of the molecule is COC(=O)C(C)C(c1ccc2c(c1)OC1(CC2)CCN(S(=O)(=O)c2ccc(Cl)cc2Cl)CC1)C1CC1. The molecule has 2 heterocycles. The van der Waals surface area contributed by atoms with Crippen LogP contribution < -0.4 is 4.74 Å². The number of aryl methyl sites for hydroxylation is 1. The summed E-state index contributed by atoms with van der Waals surface area (Å²) < 4.78 is 39.7. The Morgan fingerprint density at radius 3 is 2.47 bits per heavy atom. The van der Waals surface area contributed by atoms with Gasteiger partial charge in [-0.05, 0) is 72.9 Å². The molecule has 1 spiro atoms. The first kappa shape index (κ1) is 25.8. The maximum absolute atomic E-state index is 13.2. The standard InChI is InChI=1S/C27H31Cl2NO5S/c1-17(26(31)34-2)25(19-4-5-19)20-6-3-18-9-10-27(35-23(18)15-20)11-13-30(14-12-27)36(32,33)24-8-7-21(28)16-22(24)29/h3,6-8,15-17,19,25H,4-5,9-14H2,1-2H3. The van der Waals surface area contributed by atoms with E-state index >= 15 is 0 Å². The summed E-state index contributed by atoms with van der Waals surface area (Å²) in [6.07, 6.45) is 5.18. The zero-order valence-corrected chi connectivity index (χ0v) is 22.8. The van der Waals surface area contributed by atoms with Gasteiger partial charge in [-0.1, -0.05) is 42.3 Å². The molecule has 2 unspecified atom stereocenters. The van der Waals surface area contributed by atoms with E-state index in [1.54, 1.807) is 6.07 Å². The summed E-state index contributed by atoms with van der Waals surface area (Å²) in [5, 5.41) is 0.527. The Hall–Kier alpha value is -1.80. The summed E-state index contributed by atoms with van der Waals surface area (Å²) in [6, 6.07) is 10.8. The highest BCUT2D eigenvalue weighted by Gasteiger charge is 2.44. The predicted octanol–water partition coefficient (Wildman–Crippen LogP) is 5.84. The van der Waals surface area contributed by atoms with E-state index in [1.165, 1.54) is 23.5 Å². The Morgan fingerprint density at radius 2 is 1.83 bits per heavy atom. The zero-order chi connectivity index (χ0) is 25.7. The molecule has 194 valence electrons. The van der Waals surface area contributed by atoms with Gasteiger partial charge in [0.1, 0.15) is 16.2 Å². The second-order valence-corrected chi connectivity index (χ2v) is 13.1. The first-order valence-electron chi connectivity index (χ1n) is 12.5. The van der Waals surface area contributed by atoms with Crippen LogP contribution in [0.2, 0.25) is 10.0 Å². The van der Waals surface area contributed by atoms with Crippen LogP contribution in [0.4, 0.5) is 0 Å². The second kappa shape index (κ2) is 9.82. The minimum atomic E-state index is -3.72. The maximum atomic E-state index is 13.2. The van der Waals surface area contributed by atoms with E-state index in [1.807, 2.05) is 6.92 Å². The van der Waals surface area contributed by atoms with Gasteiger partial charge in [0, 0.05) is 31.0 Å². The van der Waals surface area contributed by atoms with Gasteiger partial charge < -0.3 is 9.47 Å².